The van der Waals surface area contributed by atoms with Gasteiger partial charge in [0.2, 0.25) is 0 Å². The summed E-state index contributed by atoms with van der Waals surface area (Å²) in [6, 6.07) is 0. The number of unbranched alkanes of at least 4 members (excludes halogenated alkanes) is 2. The summed E-state index contributed by atoms with van der Waals surface area (Å²) in [5, 5.41) is 1.36. The molecule has 0 aromatic rings. The Labute approximate surface area is 92.5 Å². The molecular weight excluding hydrogens is 153 g/mol. The molecule has 0 unspecified atom stereocenters. The zero-order valence-electron chi connectivity index (χ0n) is 9.23. The molecule has 1 aliphatic rings. The molecule has 72 valence electrons. The van der Waals surface area contributed by atoms with Gasteiger partial charge in [0.05, 0.1) is 0 Å². The van der Waals surface area contributed by atoms with E-state index in [2.05, 4.69) is 22.6 Å². The van der Waals surface area contributed by atoms with Crippen LogP contribution in [0.4, 0.5) is 0 Å². The van der Waals surface area contributed by atoms with Crippen molar-refractivity contribution in [2.24, 2.45) is 0 Å². The Morgan fingerprint density at radius 3 is 2.15 bits per heavy atom. The van der Waals surface area contributed by atoms with Crippen LogP contribution in [-0.4, -0.2) is 42.2 Å². The van der Waals surface area contributed by atoms with E-state index in [1.807, 2.05) is 0 Å². The SMILES string of the molecule is [Li][CH2]CCCCN1CCCCCC1. The molecular formula is C11H22LiN. The zero-order chi connectivity index (χ0) is 9.36. The molecule has 1 aliphatic heterocycles. The van der Waals surface area contributed by atoms with Gasteiger partial charge in [-0.25, -0.2) is 0 Å². The summed E-state index contributed by atoms with van der Waals surface area (Å²) in [7, 11) is 0. The zero-order valence-corrected chi connectivity index (χ0v) is 9.23. The van der Waals surface area contributed by atoms with Crippen LogP contribution < -0.4 is 0 Å². The van der Waals surface area contributed by atoms with Gasteiger partial charge in [0.15, 0.2) is 0 Å². The van der Waals surface area contributed by atoms with Gasteiger partial charge in [-0.05, 0) is 0 Å². The van der Waals surface area contributed by atoms with Crippen molar-refractivity contribution in [1.82, 2.24) is 4.90 Å². The summed E-state index contributed by atoms with van der Waals surface area (Å²) in [5.41, 5.74) is 0. The van der Waals surface area contributed by atoms with Gasteiger partial charge in [-0.2, -0.15) is 0 Å². The number of likely N-dealkylation sites (tertiary alicyclic amines) is 1. The summed E-state index contributed by atoms with van der Waals surface area (Å²) in [4.78, 5) is 2.67. The van der Waals surface area contributed by atoms with Crippen molar-refractivity contribution < 1.29 is 0 Å². The Bertz CT molecular complexity index is 109. The Hall–Kier alpha value is 0.557. The van der Waals surface area contributed by atoms with Gasteiger partial charge in [0.1, 0.15) is 0 Å². The third-order valence-electron chi connectivity index (χ3n) is 3.03. The van der Waals surface area contributed by atoms with E-state index >= 15 is 0 Å². The standard InChI is InChI=1S/C11H22N.Li/c1-2-3-6-9-12-10-7-4-5-8-11-12;/h1-11H2;. The van der Waals surface area contributed by atoms with Gasteiger partial charge < -0.3 is 0 Å². The first-order valence-corrected chi connectivity index (χ1v) is 6.16. The molecule has 13 heavy (non-hydrogen) atoms. The molecule has 1 heterocycles. The van der Waals surface area contributed by atoms with Crippen molar-refractivity contribution in [1.29, 1.82) is 0 Å². The van der Waals surface area contributed by atoms with Crippen LogP contribution in [0.25, 0.3) is 0 Å². The van der Waals surface area contributed by atoms with Crippen LogP contribution in [0.1, 0.15) is 44.9 Å². The molecule has 1 nitrogen and oxygen atoms in total. The summed E-state index contributed by atoms with van der Waals surface area (Å²) in [6.07, 6.45) is 10.1. The van der Waals surface area contributed by atoms with Gasteiger partial charge in [-0.15, -0.1) is 0 Å². The van der Waals surface area contributed by atoms with Crippen LogP contribution in [0, 0.1) is 0 Å². The average Bonchev–Trinajstić information content (AvgIpc) is 2.41. The molecule has 0 atom stereocenters. The number of nitrogens with zero attached hydrogens (tertiary/aromatic N) is 1. The Morgan fingerprint density at radius 1 is 0.846 bits per heavy atom. The predicted molar refractivity (Wildman–Crippen MR) is 59.3 cm³/mol. The maximum atomic E-state index is 2.67. The van der Waals surface area contributed by atoms with Crippen LogP contribution in [0.3, 0.4) is 0 Å². The second-order valence-electron chi connectivity index (χ2n) is 4.32. The number of rotatable bonds is 5. The summed E-state index contributed by atoms with van der Waals surface area (Å²) >= 11 is 2.28. The third kappa shape index (κ3) is 5.78. The summed E-state index contributed by atoms with van der Waals surface area (Å²) in [6.45, 7) is 4.10. The van der Waals surface area contributed by atoms with E-state index in [1.54, 1.807) is 0 Å². The predicted octanol–water partition coefficient (Wildman–Crippen LogP) is 2.62. The van der Waals surface area contributed by atoms with E-state index in [-0.39, 0.29) is 0 Å². The van der Waals surface area contributed by atoms with Crippen LogP contribution in [0.15, 0.2) is 0 Å². The first-order chi connectivity index (χ1) is 6.43. The molecule has 0 saturated carbocycles. The van der Waals surface area contributed by atoms with Crippen molar-refractivity contribution in [3.05, 3.63) is 0 Å². The van der Waals surface area contributed by atoms with Crippen molar-refractivity contribution in [2.75, 3.05) is 19.6 Å². The van der Waals surface area contributed by atoms with Crippen molar-refractivity contribution in [3.8, 4) is 0 Å². The fraction of sp³-hybridized carbons (Fsp3) is 1.00. The van der Waals surface area contributed by atoms with E-state index < -0.39 is 0 Å². The monoisotopic (exact) mass is 175 g/mol. The van der Waals surface area contributed by atoms with Crippen LogP contribution >= 0.6 is 0 Å². The average molecular weight is 175 g/mol. The molecule has 1 rings (SSSR count). The molecule has 0 bridgehead atoms. The van der Waals surface area contributed by atoms with E-state index in [4.69, 9.17) is 0 Å². The molecule has 0 N–H and O–H groups in total. The quantitative estimate of drug-likeness (QED) is 0.458. The molecule has 0 aromatic carbocycles. The summed E-state index contributed by atoms with van der Waals surface area (Å²) in [5.74, 6) is 0. The normalized spacial score (nSPS) is 20.2. The molecule has 2 heteroatoms. The minimum absolute atomic E-state index is 1.36. The number of hydrogen-bond donors (Lipinski definition) is 0. The molecule has 0 spiro atoms. The fourth-order valence-corrected chi connectivity index (χ4v) is 2.12. The van der Waals surface area contributed by atoms with Gasteiger partial charge >= 0.3 is 92.3 Å². The molecule has 0 radical (unpaired) electrons. The molecule has 0 aromatic heterocycles. The van der Waals surface area contributed by atoms with E-state index in [0.29, 0.717) is 0 Å². The maximum absolute atomic E-state index is 2.67. The topological polar surface area (TPSA) is 3.24 Å². The van der Waals surface area contributed by atoms with Gasteiger partial charge in [-0.1, -0.05) is 0 Å². The van der Waals surface area contributed by atoms with Crippen molar-refractivity contribution in [2.45, 2.75) is 50.0 Å². The van der Waals surface area contributed by atoms with Crippen molar-refractivity contribution >= 4 is 17.7 Å². The Morgan fingerprint density at radius 2 is 1.54 bits per heavy atom. The third-order valence-corrected chi connectivity index (χ3v) is 3.03. The summed E-state index contributed by atoms with van der Waals surface area (Å²) < 4.78 is 0. The second-order valence-corrected chi connectivity index (χ2v) is 4.32. The van der Waals surface area contributed by atoms with Gasteiger partial charge in [-0.3, -0.25) is 0 Å². The van der Waals surface area contributed by atoms with E-state index in [1.165, 1.54) is 69.7 Å². The van der Waals surface area contributed by atoms with E-state index in [9.17, 15) is 0 Å². The number of hydrogen-bond acceptors (Lipinski definition) is 1. The molecule has 0 aliphatic carbocycles. The van der Waals surface area contributed by atoms with Crippen LogP contribution in [-0.2, 0) is 0 Å². The second kappa shape index (κ2) is 7.92. The first-order valence-electron chi connectivity index (χ1n) is 6.16. The first kappa shape index (κ1) is 11.6. The van der Waals surface area contributed by atoms with Crippen LogP contribution in [0.5, 0.6) is 0 Å². The molecule has 0 amide bonds. The molecule has 1 fully saturated rings. The minimum atomic E-state index is 1.36. The fourth-order valence-electron chi connectivity index (χ4n) is 2.12. The van der Waals surface area contributed by atoms with Crippen molar-refractivity contribution in [3.63, 3.8) is 0 Å². The Kier molecular flexibility index (Phi) is 7.08. The van der Waals surface area contributed by atoms with E-state index in [0.717, 1.165) is 0 Å². The van der Waals surface area contributed by atoms with Crippen LogP contribution in [0.2, 0.25) is 5.09 Å². The Balaban J connectivity index is 1.98. The van der Waals surface area contributed by atoms with Gasteiger partial charge in [0.25, 0.3) is 0 Å². The molecule has 1 saturated heterocycles. The van der Waals surface area contributed by atoms with Gasteiger partial charge in [0, 0.05) is 0 Å².